The third-order valence-corrected chi connectivity index (χ3v) is 4.48. The van der Waals surface area contributed by atoms with Gasteiger partial charge in [0.05, 0.1) is 0 Å². The summed E-state index contributed by atoms with van der Waals surface area (Å²) in [7, 11) is 0. The van der Waals surface area contributed by atoms with E-state index in [9.17, 15) is 13.6 Å². The highest BCUT2D eigenvalue weighted by atomic mass is 35.5. The fourth-order valence-corrected chi connectivity index (χ4v) is 3.19. The maximum Gasteiger partial charge on any atom is 0.227 e. The molecule has 3 N–H and O–H groups in total. The van der Waals surface area contributed by atoms with Crippen LogP contribution in [0.5, 0.6) is 0 Å². The largest absolute Gasteiger partial charge is 0.328 e. The van der Waals surface area contributed by atoms with Gasteiger partial charge in [0.1, 0.15) is 11.6 Å². The Balaban J connectivity index is 0.00000225. The fraction of sp³-hybridized carbons (Fsp3) is 0.316. The lowest BCUT2D eigenvalue weighted by atomic mass is 9.85. The molecule has 0 radical (unpaired) electrons. The molecule has 0 aliphatic heterocycles. The summed E-state index contributed by atoms with van der Waals surface area (Å²) in [5, 5.41) is 2.89. The van der Waals surface area contributed by atoms with Gasteiger partial charge in [0.15, 0.2) is 0 Å². The van der Waals surface area contributed by atoms with Gasteiger partial charge < -0.3 is 11.1 Å². The standard InChI is InChI=1S/C19H20F2N2O.ClH/c20-14-6-4-12(5-7-14)17-11-15(21)8-9-18(17)23-19(24)13-2-1-3-16(22)10-13;/h4-9,11,13,16H,1-3,10,22H2,(H,23,24);1H. The number of hydrogen-bond acceptors (Lipinski definition) is 2. The van der Waals surface area contributed by atoms with Crippen LogP contribution in [0.3, 0.4) is 0 Å². The monoisotopic (exact) mass is 366 g/mol. The first kappa shape index (κ1) is 19.3. The van der Waals surface area contributed by atoms with Crippen LogP contribution < -0.4 is 11.1 Å². The number of carbonyl (C=O) groups is 1. The molecule has 1 fully saturated rings. The minimum atomic E-state index is -0.410. The molecule has 1 amide bonds. The van der Waals surface area contributed by atoms with E-state index in [-0.39, 0.29) is 36.1 Å². The Labute approximate surface area is 152 Å². The quantitative estimate of drug-likeness (QED) is 0.839. The minimum Gasteiger partial charge on any atom is -0.328 e. The molecule has 0 spiro atoms. The smallest absolute Gasteiger partial charge is 0.227 e. The molecule has 6 heteroatoms. The average molecular weight is 367 g/mol. The number of hydrogen-bond donors (Lipinski definition) is 2. The molecule has 1 aliphatic rings. The van der Waals surface area contributed by atoms with Gasteiger partial charge in [-0.05, 0) is 55.2 Å². The zero-order valence-electron chi connectivity index (χ0n) is 13.7. The van der Waals surface area contributed by atoms with Crippen LogP contribution in [-0.4, -0.2) is 11.9 Å². The number of nitrogens with two attached hydrogens (primary N) is 1. The fourth-order valence-electron chi connectivity index (χ4n) is 3.19. The van der Waals surface area contributed by atoms with Gasteiger partial charge in [-0.2, -0.15) is 0 Å². The van der Waals surface area contributed by atoms with E-state index in [4.69, 9.17) is 5.73 Å². The van der Waals surface area contributed by atoms with Gasteiger partial charge in [-0.25, -0.2) is 8.78 Å². The number of benzene rings is 2. The predicted octanol–water partition coefficient (Wildman–Crippen LogP) is 4.51. The summed E-state index contributed by atoms with van der Waals surface area (Å²) in [6.45, 7) is 0. The molecule has 1 saturated carbocycles. The van der Waals surface area contributed by atoms with Crippen LogP contribution in [0.2, 0.25) is 0 Å². The average Bonchev–Trinajstić information content (AvgIpc) is 2.57. The lowest BCUT2D eigenvalue weighted by Gasteiger charge is -2.26. The SMILES string of the molecule is Cl.NC1CCCC(C(=O)Nc2ccc(F)cc2-c2ccc(F)cc2)C1. The van der Waals surface area contributed by atoms with Crippen molar-refractivity contribution in [2.75, 3.05) is 5.32 Å². The van der Waals surface area contributed by atoms with E-state index in [1.54, 1.807) is 12.1 Å². The van der Waals surface area contributed by atoms with E-state index in [0.717, 1.165) is 19.3 Å². The van der Waals surface area contributed by atoms with Crippen LogP contribution in [0, 0.1) is 17.6 Å². The second kappa shape index (κ2) is 8.41. The molecule has 0 aromatic heterocycles. The maximum absolute atomic E-state index is 13.7. The zero-order chi connectivity index (χ0) is 17.1. The summed E-state index contributed by atoms with van der Waals surface area (Å²) in [4.78, 5) is 12.5. The highest BCUT2D eigenvalue weighted by molar-refractivity contribution is 5.96. The topological polar surface area (TPSA) is 55.1 Å². The highest BCUT2D eigenvalue weighted by Gasteiger charge is 2.25. The van der Waals surface area contributed by atoms with E-state index in [1.807, 2.05) is 0 Å². The lowest BCUT2D eigenvalue weighted by Crippen LogP contribution is -2.34. The first-order valence-corrected chi connectivity index (χ1v) is 8.15. The first-order chi connectivity index (χ1) is 11.5. The molecule has 2 aromatic carbocycles. The number of nitrogens with one attached hydrogen (secondary N) is 1. The Morgan fingerprint density at radius 3 is 2.40 bits per heavy atom. The highest BCUT2D eigenvalue weighted by Crippen LogP contribution is 2.31. The Kier molecular flexibility index (Phi) is 6.51. The van der Waals surface area contributed by atoms with Crippen LogP contribution in [0.25, 0.3) is 11.1 Å². The summed E-state index contributed by atoms with van der Waals surface area (Å²) in [6, 6.07) is 9.99. The van der Waals surface area contributed by atoms with Crippen molar-refractivity contribution in [1.29, 1.82) is 0 Å². The molecular weight excluding hydrogens is 346 g/mol. The number of halogens is 3. The van der Waals surface area contributed by atoms with Gasteiger partial charge in [0.25, 0.3) is 0 Å². The summed E-state index contributed by atoms with van der Waals surface area (Å²) < 4.78 is 26.8. The molecule has 0 saturated heterocycles. The Hall–Kier alpha value is -1.98. The molecular formula is C19H21ClF2N2O. The van der Waals surface area contributed by atoms with Crippen molar-refractivity contribution in [3.63, 3.8) is 0 Å². The normalized spacial score (nSPS) is 19.8. The third kappa shape index (κ3) is 4.77. The van der Waals surface area contributed by atoms with Crippen molar-refractivity contribution in [2.24, 2.45) is 11.7 Å². The Morgan fingerprint density at radius 2 is 1.72 bits per heavy atom. The van der Waals surface area contributed by atoms with Crippen molar-refractivity contribution in [3.05, 3.63) is 54.1 Å². The summed E-state index contributed by atoms with van der Waals surface area (Å²) >= 11 is 0. The van der Waals surface area contributed by atoms with E-state index >= 15 is 0 Å². The van der Waals surface area contributed by atoms with Crippen molar-refractivity contribution < 1.29 is 13.6 Å². The Bertz CT molecular complexity index is 737. The van der Waals surface area contributed by atoms with Gasteiger partial charge in [-0.15, -0.1) is 12.4 Å². The van der Waals surface area contributed by atoms with Crippen molar-refractivity contribution in [3.8, 4) is 11.1 Å². The Morgan fingerprint density at radius 1 is 1.04 bits per heavy atom. The molecule has 3 rings (SSSR count). The molecule has 0 heterocycles. The van der Waals surface area contributed by atoms with Crippen molar-refractivity contribution in [2.45, 2.75) is 31.7 Å². The number of carbonyl (C=O) groups excluding carboxylic acids is 1. The van der Waals surface area contributed by atoms with Crippen LogP contribution in [0.4, 0.5) is 14.5 Å². The third-order valence-electron chi connectivity index (χ3n) is 4.48. The summed E-state index contributed by atoms with van der Waals surface area (Å²) in [5.41, 5.74) is 7.64. The molecule has 2 atom stereocenters. The molecule has 3 nitrogen and oxygen atoms in total. The second-order valence-electron chi connectivity index (χ2n) is 6.31. The predicted molar refractivity (Wildman–Crippen MR) is 97.6 cm³/mol. The van der Waals surface area contributed by atoms with E-state index in [0.29, 0.717) is 23.2 Å². The number of amides is 1. The number of anilines is 1. The van der Waals surface area contributed by atoms with Gasteiger partial charge >= 0.3 is 0 Å². The molecule has 134 valence electrons. The summed E-state index contributed by atoms with van der Waals surface area (Å²) in [5.74, 6) is -0.996. The van der Waals surface area contributed by atoms with Crippen LogP contribution in [0.15, 0.2) is 42.5 Å². The van der Waals surface area contributed by atoms with Gasteiger partial charge in [-0.3, -0.25) is 4.79 Å². The van der Waals surface area contributed by atoms with Crippen LogP contribution in [0.1, 0.15) is 25.7 Å². The van der Waals surface area contributed by atoms with Gasteiger partial charge in [-0.1, -0.05) is 18.6 Å². The zero-order valence-corrected chi connectivity index (χ0v) is 14.5. The van der Waals surface area contributed by atoms with Crippen LogP contribution >= 0.6 is 12.4 Å². The lowest BCUT2D eigenvalue weighted by molar-refractivity contribution is -0.120. The first-order valence-electron chi connectivity index (χ1n) is 8.15. The molecule has 1 aliphatic carbocycles. The molecule has 2 aromatic rings. The molecule has 2 unspecified atom stereocenters. The number of rotatable bonds is 3. The minimum absolute atomic E-state index is 0. The van der Waals surface area contributed by atoms with Crippen molar-refractivity contribution in [1.82, 2.24) is 0 Å². The second-order valence-corrected chi connectivity index (χ2v) is 6.31. The maximum atomic E-state index is 13.7. The van der Waals surface area contributed by atoms with Crippen molar-refractivity contribution >= 4 is 24.0 Å². The van der Waals surface area contributed by atoms with E-state index < -0.39 is 5.82 Å². The van der Waals surface area contributed by atoms with Crippen LogP contribution in [-0.2, 0) is 4.79 Å². The molecule has 0 bridgehead atoms. The van der Waals surface area contributed by atoms with E-state index in [1.165, 1.54) is 30.3 Å². The van der Waals surface area contributed by atoms with E-state index in [2.05, 4.69) is 5.32 Å². The van der Waals surface area contributed by atoms with Gasteiger partial charge in [0.2, 0.25) is 5.91 Å². The summed E-state index contributed by atoms with van der Waals surface area (Å²) in [6.07, 6.45) is 3.36. The van der Waals surface area contributed by atoms with Gasteiger partial charge in [0, 0.05) is 23.2 Å². The molecule has 25 heavy (non-hydrogen) atoms.